The molecule has 2 amide bonds. The zero-order chi connectivity index (χ0) is 22.3. The van der Waals surface area contributed by atoms with Crippen LogP contribution in [-0.4, -0.2) is 35.4 Å². The van der Waals surface area contributed by atoms with Crippen molar-refractivity contribution in [2.45, 2.75) is 59.7 Å². The molecule has 0 radical (unpaired) electrons. The zero-order valence-corrected chi connectivity index (χ0v) is 19.1. The number of nitrogens with zero attached hydrogens (tertiary/aromatic N) is 1. The van der Waals surface area contributed by atoms with Crippen LogP contribution in [0.15, 0.2) is 42.5 Å². The third-order valence-electron chi connectivity index (χ3n) is 5.02. The lowest BCUT2D eigenvalue weighted by Crippen LogP contribution is -2.50. The predicted molar refractivity (Wildman–Crippen MR) is 121 cm³/mol. The highest BCUT2D eigenvalue weighted by Gasteiger charge is 2.27. The van der Waals surface area contributed by atoms with E-state index >= 15 is 0 Å². The smallest absolute Gasteiger partial charge is 0.261 e. The van der Waals surface area contributed by atoms with Crippen LogP contribution in [0, 0.1) is 13.8 Å². The first kappa shape index (κ1) is 23.7. The lowest BCUT2D eigenvalue weighted by atomic mass is 10.1. The summed E-state index contributed by atoms with van der Waals surface area (Å²) >= 11 is 6.30. The van der Waals surface area contributed by atoms with Gasteiger partial charge in [-0.3, -0.25) is 9.59 Å². The minimum absolute atomic E-state index is 0.0312. The molecule has 5 nitrogen and oxygen atoms in total. The van der Waals surface area contributed by atoms with Gasteiger partial charge in [0.1, 0.15) is 11.8 Å². The molecular weight excluding hydrogens is 400 g/mol. The van der Waals surface area contributed by atoms with Crippen LogP contribution in [-0.2, 0) is 16.1 Å². The van der Waals surface area contributed by atoms with Crippen molar-refractivity contribution in [2.24, 2.45) is 0 Å². The Hall–Kier alpha value is -2.53. The molecule has 2 atom stereocenters. The van der Waals surface area contributed by atoms with E-state index in [1.165, 1.54) is 4.90 Å². The van der Waals surface area contributed by atoms with Gasteiger partial charge in [-0.2, -0.15) is 0 Å². The number of halogens is 1. The third kappa shape index (κ3) is 6.77. The van der Waals surface area contributed by atoms with E-state index in [9.17, 15) is 9.59 Å². The largest absolute Gasteiger partial charge is 0.484 e. The second-order valence-corrected chi connectivity index (χ2v) is 8.13. The first-order valence-corrected chi connectivity index (χ1v) is 10.6. The molecule has 0 aromatic heterocycles. The minimum Gasteiger partial charge on any atom is -0.484 e. The van der Waals surface area contributed by atoms with Gasteiger partial charge in [-0.05, 0) is 69.0 Å². The van der Waals surface area contributed by atoms with Gasteiger partial charge in [0.15, 0.2) is 6.61 Å². The van der Waals surface area contributed by atoms with Crippen LogP contribution in [0.5, 0.6) is 5.75 Å². The summed E-state index contributed by atoms with van der Waals surface area (Å²) < 4.78 is 5.75. The lowest BCUT2D eigenvalue weighted by Gasteiger charge is -2.30. The molecule has 2 rings (SSSR count). The maximum Gasteiger partial charge on any atom is 0.261 e. The number of nitrogens with one attached hydrogen (secondary N) is 1. The number of amides is 2. The van der Waals surface area contributed by atoms with Gasteiger partial charge in [0, 0.05) is 17.6 Å². The van der Waals surface area contributed by atoms with Crippen molar-refractivity contribution in [2.75, 3.05) is 6.61 Å². The first-order valence-electron chi connectivity index (χ1n) is 10.3. The van der Waals surface area contributed by atoms with Crippen LogP contribution in [0.1, 0.15) is 43.9 Å². The number of hydrogen-bond acceptors (Lipinski definition) is 3. The average Bonchev–Trinajstić information content (AvgIpc) is 2.70. The number of benzene rings is 2. The number of ether oxygens (including phenoxy) is 1. The van der Waals surface area contributed by atoms with Gasteiger partial charge in [-0.15, -0.1) is 0 Å². The summed E-state index contributed by atoms with van der Waals surface area (Å²) in [5.41, 5.74) is 2.90. The summed E-state index contributed by atoms with van der Waals surface area (Å²) in [5, 5.41) is 3.50. The number of carbonyl (C=O) groups is 2. The van der Waals surface area contributed by atoms with Crippen LogP contribution in [0.4, 0.5) is 0 Å². The van der Waals surface area contributed by atoms with Crippen molar-refractivity contribution in [3.8, 4) is 5.75 Å². The molecule has 2 aromatic carbocycles. The Balaban J connectivity index is 2.19. The molecule has 0 saturated heterocycles. The summed E-state index contributed by atoms with van der Waals surface area (Å²) in [6.07, 6.45) is 0.812. The van der Waals surface area contributed by atoms with E-state index in [0.717, 1.165) is 23.1 Å². The second-order valence-electron chi connectivity index (χ2n) is 7.72. The van der Waals surface area contributed by atoms with Crippen LogP contribution in [0.2, 0.25) is 5.02 Å². The molecule has 0 spiro atoms. The topological polar surface area (TPSA) is 58.6 Å². The SMILES string of the molecule is CC[C@@H](C)NC(=O)[C@H](C)N(Cc1ccccc1Cl)C(=O)COc1cc(C)cc(C)c1. The van der Waals surface area contributed by atoms with Crippen LogP contribution >= 0.6 is 11.6 Å². The molecule has 0 aliphatic heterocycles. The molecule has 2 aromatic rings. The van der Waals surface area contributed by atoms with Gasteiger partial charge in [0.2, 0.25) is 5.91 Å². The van der Waals surface area contributed by atoms with E-state index in [4.69, 9.17) is 16.3 Å². The zero-order valence-electron chi connectivity index (χ0n) is 18.4. The van der Waals surface area contributed by atoms with E-state index < -0.39 is 6.04 Å². The fourth-order valence-electron chi connectivity index (χ4n) is 3.10. The standard InChI is InChI=1S/C24H31ClN2O3/c1-6-18(4)26-24(29)19(5)27(14-20-9-7-8-10-22(20)25)23(28)15-30-21-12-16(2)11-17(3)13-21/h7-13,18-19H,6,14-15H2,1-5H3,(H,26,29)/t18-,19+/m1/s1. The van der Waals surface area contributed by atoms with Gasteiger partial charge >= 0.3 is 0 Å². The number of carbonyl (C=O) groups excluding carboxylic acids is 2. The van der Waals surface area contributed by atoms with E-state index in [1.54, 1.807) is 13.0 Å². The van der Waals surface area contributed by atoms with Crippen LogP contribution in [0.25, 0.3) is 0 Å². The van der Waals surface area contributed by atoms with Gasteiger partial charge in [-0.1, -0.05) is 42.8 Å². The molecule has 30 heavy (non-hydrogen) atoms. The Morgan fingerprint density at radius 1 is 1.10 bits per heavy atom. The van der Waals surface area contributed by atoms with Gasteiger partial charge in [0.05, 0.1) is 0 Å². The number of hydrogen-bond donors (Lipinski definition) is 1. The quantitative estimate of drug-likeness (QED) is 0.629. The predicted octanol–water partition coefficient (Wildman–Crippen LogP) is 4.67. The van der Waals surface area contributed by atoms with Crippen molar-refractivity contribution in [1.82, 2.24) is 10.2 Å². The van der Waals surface area contributed by atoms with Crippen LogP contribution in [0.3, 0.4) is 0 Å². The highest BCUT2D eigenvalue weighted by molar-refractivity contribution is 6.31. The highest BCUT2D eigenvalue weighted by Crippen LogP contribution is 2.20. The molecular formula is C24H31ClN2O3. The molecule has 0 unspecified atom stereocenters. The van der Waals surface area contributed by atoms with Crippen molar-refractivity contribution in [3.63, 3.8) is 0 Å². The minimum atomic E-state index is -0.661. The summed E-state index contributed by atoms with van der Waals surface area (Å²) in [6, 6.07) is 12.5. The molecule has 1 N–H and O–H groups in total. The lowest BCUT2D eigenvalue weighted by molar-refractivity contribution is -0.142. The van der Waals surface area contributed by atoms with Crippen LogP contribution < -0.4 is 10.1 Å². The summed E-state index contributed by atoms with van der Waals surface area (Å²) in [4.78, 5) is 27.3. The Kier molecular flexibility index (Phi) is 8.72. The van der Waals surface area contributed by atoms with Gasteiger partial charge in [-0.25, -0.2) is 0 Å². The summed E-state index contributed by atoms with van der Waals surface area (Å²) in [6.45, 7) is 9.69. The Bertz CT molecular complexity index is 864. The van der Waals surface area contributed by atoms with E-state index in [0.29, 0.717) is 10.8 Å². The van der Waals surface area contributed by atoms with Crippen molar-refractivity contribution < 1.29 is 14.3 Å². The molecule has 0 heterocycles. The first-order chi connectivity index (χ1) is 14.2. The molecule has 0 aliphatic rings. The van der Waals surface area contributed by atoms with Gasteiger partial charge in [0.25, 0.3) is 5.91 Å². The fraction of sp³-hybridized carbons (Fsp3) is 0.417. The summed E-state index contributed by atoms with van der Waals surface area (Å²) in [5.74, 6) is 0.160. The fourth-order valence-corrected chi connectivity index (χ4v) is 3.30. The molecule has 0 aliphatic carbocycles. The monoisotopic (exact) mass is 430 g/mol. The normalized spacial score (nSPS) is 12.7. The third-order valence-corrected chi connectivity index (χ3v) is 5.39. The Morgan fingerprint density at radius 3 is 2.33 bits per heavy atom. The Morgan fingerprint density at radius 2 is 1.73 bits per heavy atom. The highest BCUT2D eigenvalue weighted by atomic mass is 35.5. The molecule has 0 fully saturated rings. The maximum atomic E-state index is 13.1. The molecule has 0 saturated carbocycles. The summed E-state index contributed by atoms with van der Waals surface area (Å²) in [7, 11) is 0. The maximum absolute atomic E-state index is 13.1. The van der Waals surface area contributed by atoms with Crippen molar-refractivity contribution in [1.29, 1.82) is 0 Å². The molecule has 0 bridgehead atoms. The van der Waals surface area contributed by atoms with Gasteiger partial charge < -0.3 is 15.0 Å². The average molecular weight is 431 g/mol. The molecule has 162 valence electrons. The van der Waals surface area contributed by atoms with E-state index in [-0.39, 0.29) is 31.0 Å². The molecule has 6 heteroatoms. The Labute approximate surface area is 184 Å². The number of rotatable bonds is 9. The number of aryl methyl sites for hydroxylation is 2. The van der Waals surface area contributed by atoms with Crippen molar-refractivity contribution in [3.05, 3.63) is 64.2 Å². The van der Waals surface area contributed by atoms with Crippen molar-refractivity contribution >= 4 is 23.4 Å². The van der Waals surface area contributed by atoms with E-state index in [1.807, 2.05) is 64.1 Å². The second kappa shape index (κ2) is 11.0. The van der Waals surface area contributed by atoms with E-state index in [2.05, 4.69) is 5.32 Å².